The second-order valence-corrected chi connectivity index (χ2v) is 6.49. The van der Waals surface area contributed by atoms with Crippen LogP contribution in [0.2, 0.25) is 0 Å². The van der Waals surface area contributed by atoms with Gasteiger partial charge in [0.1, 0.15) is 23.9 Å². The van der Waals surface area contributed by atoms with Crippen LogP contribution in [0.1, 0.15) is 28.9 Å². The first-order valence-corrected chi connectivity index (χ1v) is 9.48. The molecule has 1 atom stereocenters. The van der Waals surface area contributed by atoms with Crippen LogP contribution in [0, 0.1) is 0 Å². The largest absolute Gasteiger partial charge is 0.497 e. The van der Waals surface area contributed by atoms with Crippen molar-refractivity contribution in [2.24, 2.45) is 0 Å². The molecule has 0 aliphatic rings. The van der Waals surface area contributed by atoms with Gasteiger partial charge in [-0.2, -0.15) is 0 Å². The third-order valence-electron chi connectivity index (χ3n) is 4.41. The lowest BCUT2D eigenvalue weighted by molar-refractivity contribution is 0.0939. The normalized spacial score (nSPS) is 11.4. The summed E-state index contributed by atoms with van der Waals surface area (Å²) in [6, 6.07) is 20.8. The number of ether oxygens (including phenoxy) is 2. The molecule has 150 valence electrons. The van der Waals surface area contributed by atoms with E-state index < -0.39 is 0 Å². The lowest BCUT2D eigenvalue weighted by atomic mass is 10.1. The number of anilines is 1. The molecule has 2 N–H and O–H groups in total. The van der Waals surface area contributed by atoms with Gasteiger partial charge in [0.05, 0.1) is 25.3 Å². The van der Waals surface area contributed by atoms with E-state index in [0.29, 0.717) is 24.5 Å². The highest BCUT2D eigenvalue weighted by atomic mass is 16.5. The molecule has 1 heterocycles. The topological polar surface area (TPSA) is 72.5 Å². The Labute approximate surface area is 170 Å². The molecule has 0 aliphatic carbocycles. The summed E-state index contributed by atoms with van der Waals surface area (Å²) in [5, 5.41) is 6.16. The zero-order valence-electron chi connectivity index (χ0n) is 16.6. The summed E-state index contributed by atoms with van der Waals surface area (Å²) in [6.45, 7) is 3.04. The number of pyridine rings is 1. The van der Waals surface area contributed by atoms with Crippen molar-refractivity contribution in [2.45, 2.75) is 13.0 Å². The maximum Gasteiger partial charge on any atom is 0.253 e. The first-order valence-electron chi connectivity index (χ1n) is 9.48. The number of carbonyl (C=O) groups excluding carboxylic acids is 1. The van der Waals surface area contributed by atoms with E-state index in [4.69, 9.17) is 9.47 Å². The van der Waals surface area contributed by atoms with Crippen molar-refractivity contribution < 1.29 is 14.3 Å². The lowest BCUT2D eigenvalue weighted by Gasteiger charge is -2.14. The number of amides is 1. The Morgan fingerprint density at radius 3 is 2.38 bits per heavy atom. The van der Waals surface area contributed by atoms with Gasteiger partial charge < -0.3 is 20.1 Å². The van der Waals surface area contributed by atoms with Gasteiger partial charge >= 0.3 is 0 Å². The molecular weight excluding hydrogens is 366 g/mol. The van der Waals surface area contributed by atoms with Crippen LogP contribution in [0.5, 0.6) is 11.5 Å². The minimum absolute atomic E-state index is 0.0726. The molecule has 0 saturated heterocycles. The second kappa shape index (κ2) is 10.1. The predicted octanol–water partition coefficient (Wildman–Crippen LogP) is 4.07. The van der Waals surface area contributed by atoms with Gasteiger partial charge in [-0.15, -0.1) is 0 Å². The maximum atomic E-state index is 12.4. The molecule has 0 spiro atoms. The van der Waals surface area contributed by atoms with Gasteiger partial charge in [-0.25, -0.2) is 4.98 Å². The number of nitrogens with zero attached hydrogens (tertiary/aromatic N) is 1. The van der Waals surface area contributed by atoms with Crippen molar-refractivity contribution in [3.05, 3.63) is 84.1 Å². The van der Waals surface area contributed by atoms with Crippen molar-refractivity contribution in [1.82, 2.24) is 10.3 Å². The fourth-order valence-electron chi connectivity index (χ4n) is 2.76. The first-order chi connectivity index (χ1) is 14.2. The third kappa shape index (κ3) is 5.97. The van der Waals surface area contributed by atoms with Gasteiger partial charge in [-0.1, -0.05) is 30.3 Å². The quantitative estimate of drug-likeness (QED) is 0.538. The van der Waals surface area contributed by atoms with Crippen LogP contribution in [0.4, 0.5) is 5.82 Å². The summed E-state index contributed by atoms with van der Waals surface area (Å²) in [4.78, 5) is 16.7. The predicted molar refractivity (Wildman–Crippen MR) is 114 cm³/mol. The molecule has 1 amide bonds. The number of benzene rings is 2. The molecule has 0 fully saturated rings. The first kappa shape index (κ1) is 20.2. The Balaban J connectivity index is 1.43. The highest BCUT2D eigenvalue weighted by Crippen LogP contribution is 2.17. The fourth-order valence-corrected chi connectivity index (χ4v) is 2.76. The standard InChI is InChI=1S/C23H25N3O3/c1-17(18-6-4-3-5-7-18)26-23(27)19-8-13-22(25-16-19)24-14-15-29-21-11-9-20(28-2)10-12-21/h3-13,16-17H,14-15H2,1-2H3,(H,24,25)(H,26,27). The van der Waals surface area contributed by atoms with Crippen molar-refractivity contribution in [3.8, 4) is 11.5 Å². The van der Waals surface area contributed by atoms with E-state index in [0.717, 1.165) is 17.1 Å². The summed E-state index contributed by atoms with van der Waals surface area (Å²) < 4.78 is 10.8. The van der Waals surface area contributed by atoms with Crippen LogP contribution >= 0.6 is 0 Å². The van der Waals surface area contributed by atoms with E-state index in [9.17, 15) is 4.79 Å². The van der Waals surface area contributed by atoms with E-state index in [-0.39, 0.29) is 11.9 Å². The number of rotatable bonds is 9. The molecule has 0 aliphatic heterocycles. The average Bonchev–Trinajstić information content (AvgIpc) is 2.78. The number of hydrogen-bond acceptors (Lipinski definition) is 5. The molecule has 1 unspecified atom stereocenters. The molecule has 3 rings (SSSR count). The molecule has 2 aromatic carbocycles. The number of hydrogen-bond donors (Lipinski definition) is 2. The highest BCUT2D eigenvalue weighted by Gasteiger charge is 2.11. The summed E-state index contributed by atoms with van der Waals surface area (Å²) in [5.74, 6) is 2.11. The zero-order chi connectivity index (χ0) is 20.5. The van der Waals surface area contributed by atoms with Gasteiger partial charge in [0.2, 0.25) is 0 Å². The number of aromatic nitrogens is 1. The summed E-state index contributed by atoms with van der Waals surface area (Å²) >= 11 is 0. The van der Waals surface area contributed by atoms with E-state index >= 15 is 0 Å². The summed E-state index contributed by atoms with van der Waals surface area (Å²) in [5.41, 5.74) is 1.58. The van der Waals surface area contributed by atoms with Crippen LogP contribution in [0.25, 0.3) is 0 Å². The minimum atomic E-state index is -0.150. The van der Waals surface area contributed by atoms with Gasteiger partial charge in [-0.3, -0.25) is 4.79 Å². The van der Waals surface area contributed by atoms with E-state index in [2.05, 4.69) is 15.6 Å². The molecule has 29 heavy (non-hydrogen) atoms. The molecule has 3 aromatic rings. The number of nitrogens with one attached hydrogen (secondary N) is 2. The Morgan fingerprint density at radius 1 is 1.00 bits per heavy atom. The van der Waals surface area contributed by atoms with Gasteiger partial charge in [0.25, 0.3) is 5.91 Å². The minimum Gasteiger partial charge on any atom is -0.497 e. The molecule has 0 bridgehead atoms. The monoisotopic (exact) mass is 391 g/mol. The lowest BCUT2D eigenvalue weighted by Crippen LogP contribution is -2.26. The molecule has 0 saturated carbocycles. The smallest absolute Gasteiger partial charge is 0.253 e. The van der Waals surface area contributed by atoms with Crippen LogP contribution in [0.3, 0.4) is 0 Å². The van der Waals surface area contributed by atoms with Gasteiger partial charge in [-0.05, 0) is 48.9 Å². The van der Waals surface area contributed by atoms with Crippen molar-refractivity contribution in [3.63, 3.8) is 0 Å². The Kier molecular flexibility index (Phi) is 7.05. The molecular formula is C23H25N3O3. The van der Waals surface area contributed by atoms with E-state index in [1.54, 1.807) is 25.4 Å². The summed E-state index contributed by atoms with van der Waals surface area (Å²) in [7, 11) is 1.63. The Bertz CT molecular complexity index is 897. The highest BCUT2D eigenvalue weighted by molar-refractivity contribution is 5.94. The van der Waals surface area contributed by atoms with Crippen LogP contribution in [-0.2, 0) is 0 Å². The molecule has 0 radical (unpaired) electrons. The van der Waals surface area contributed by atoms with Crippen molar-refractivity contribution in [2.75, 3.05) is 25.6 Å². The maximum absolute atomic E-state index is 12.4. The second-order valence-electron chi connectivity index (χ2n) is 6.49. The zero-order valence-corrected chi connectivity index (χ0v) is 16.6. The Hall–Kier alpha value is -3.54. The number of methoxy groups -OCH3 is 1. The van der Waals surface area contributed by atoms with Crippen LogP contribution in [-0.4, -0.2) is 31.2 Å². The SMILES string of the molecule is COc1ccc(OCCNc2ccc(C(=O)NC(C)c3ccccc3)cn2)cc1. The van der Waals surface area contributed by atoms with Crippen LogP contribution in [0.15, 0.2) is 72.9 Å². The van der Waals surface area contributed by atoms with E-state index in [1.165, 1.54) is 0 Å². The van der Waals surface area contributed by atoms with Crippen molar-refractivity contribution in [1.29, 1.82) is 0 Å². The van der Waals surface area contributed by atoms with Gasteiger partial charge in [0.15, 0.2) is 0 Å². The third-order valence-corrected chi connectivity index (χ3v) is 4.41. The molecule has 1 aromatic heterocycles. The van der Waals surface area contributed by atoms with Crippen molar-refractivity contribution >= 4 is 11.7 Å². The van der Waals surface area contributed by atoms with E-state index in [1.807, 2.05) is 61.5 Å². The molecule has 6 nitrogen and oxygen atoms in total. The molecule has 6 heteroatoms. The average molecular weight is 391 g/mol. The van der Waals surface area contributed by atoms with Crippen LogP contribution < -0.4 is 20.1 Å². The summed E-state index contributed by atoms with van der Waals surface area (Å²) in [6.07, 6.45) is 1.57. The number of carbonyl (C=O) groups is 1. The fraction of sp³-hybridized carbons (Fsp3) is 0.217. The Morgan fingerprint density at radius 2 is 1.72 bits per heavy atom. The van der Waals surface area contributed by atoms with Gasteiger partial charge in [0, 0.05) is 6.20 Å².